The van der Waals surface area contributed by atoms with Gasteiger partial charge in [-0.15, -0.1) is 11.3 Å². The molecule has 0 atom stereocenters. The Labute approximate surface area is 141 Å². The molecule has 0 saturated heterocycles. The number of amides is 1. The summed E-state index contributed by atoms with van der Waals surface area (Å²) >= 11 is 1.58. The molecule has 0 fully saturated rings. The van der Waals surface area contributed by atoms with Crippen molar-refractivity contribution in [2.75, 3.05) is 18.4 Å². The first-order chi connectivity index (χ1) is 11.1. The molecule has 1 aliphatic heterocycles. The molecule has 1 aliphatic rings. The second-order valence-corrected chi connectivity index (χ2v) is 7.53. The molecule has 1 amide bonds. The fourth-order valence-corrected chi connectivity index (χ4v) is 3.54. The molecule has 23 heavy (non-hydrogen) atoms. The van der Waals surface area contributed by atoms with Crippen molar-refractivity contribution >= 4 is 22.4 Å². The summed E-state index contributed by atoms with van der Waals surface area (Å²) in [6, 6.07) is 8.39. The lowest BCUT2D eigenvalue weighted by atomic mass is 10.00. The zero-order valence-electron chi connectivity index (χ0n) is 13.7. The molecule has 2 heterocycles. The largest absolute Gasteiger partial charge is 0.361 e. The van der Waals surface area contributed by atoms with E-state index >= 15 is 0 Å². The van der Waals surface area contributed by atoms with E-state index in [1.807, 2.05) is 17.2 Å². The second kappa shape index (κ2) is 7.13. The van der Waals surface area contributed by atoms with Crippen molar-refractivity contribution in [1.82, 2.24) is 9.88 Å². The highest BCUT2D eigenvalue weighted by molar-refractivity contribution is 7.15. The lowest BCUT2D eigenvalue weighted by Crippen LogP contribution is -2.36. The van der Waals surface area contributed by atoms with E-state index in [0.717, 1.165) is 36.1 Å². The molecule has 1 N–H and O–H groups in total. The minimum absolute atomic E-state index is 0.193. The van der Waals surface area contributed by atoms with Crippen LogP contribution in [0.15, 0.2) is 30.5 Å². The van der Waals surface area contributed by atoms with E-state index in [1.165, 1.54) is 11.1 Å². The normalized spacial score (nSPS) is 14.0. The van der Waals surface area contributed by atoms with E-state index in [4.69, 9.17) is 0 Å². The number of hydrogen-bond acceptors (Lipinski definition) is 4. The molecule has 1 aromatic carbocycles. The molecule has 1 aromatic heterocycles. The molecule has 4 nitrogen and oxygen atoms in total. The minimum atomic E-state index is 0.193. The molecule has 0 aliphatic carbocycles. The van der Waals surface area contributed by atoms with Gasteiger partial charge in [0.25, 0.3) is 0 Å². The van der Waals surface area contributed by atoms with Crippen LogP contribution >= 0.6 is 11.3 Å². The SMILES string of the molecule is CC(C)CNc1ncc(CC(=O)N2CCc3ccccc3C2)s1. The first kappa shape index (κ1) is 16.0. The summed E-state index contributed by atoms with van der Waals surface area (Å²) in [4.78, 5) is 19.9. The zero-order valence-corrected chi connectivity index (χ0v) is 14.5. The Bertz CT molecular complexity index is 680. The van der Waals surface area contributed by atoms with Gasteiger partial charge in [0.15, 0.2) is 5.13 Å². The first-order valence-corrected chi connectivity index (χ1v) is 8.96. The van der Waals surface area contributed by atoms with Crippen LogP contribution in [-0.4, -0.2) is 28.9 Å². The lowest BCUT2D eigenvalue weighted by molar-refractivity contribution is -0.131. The topological polar surface area (TPSA) is 45.2 Å². The maximum Gasteiger partial charge on any atom is 0.228 e. The van der Waals surface area contributed by atoms with Crippen molar-refractivity contribution in [1.29, 1.82) is 0 Å². The van der Waals surface area contributed by atoms with Gasteiger partial charge in [0.05, 0.1) is 6.42 Å². The number of aromatic nitrogens is 1. The van der Waals surface area contributed by atoms with E-state index in [9.17, 15) is 4.79 Å². The van der Waals surface area contributed by atoms with Crippen molar-refractivity contribution in [2.24, 2.45) is 5.92 Å². The number of hydrogen-bond donors (Lipinski definition) is 1. The van der Waals surface area contributed by atoms with Gasteiger partial charge in [-0.05, 0) is 23.5 Å². The third kappa shape index (κ3) is 4.10. The highest BCUT2D eigenvalue weighted by Crippen LogP contribution is 2.22. The van der Waals surface area contributed by atoms with Crippen molar-refractivity contribution in [3.05, 3.63) is 46.5 Å². The summed E-state index contributed by atoms with van der Waals surface area (Å²) in [6.07, 6.45) is 3.22. The molecule has 0 saturated carbocycles. The minimum Gasteiger partial charge on any atom is -0.361 e. The number of carbonyl (C=O) groups is 1. The summed E-state index contributed by atoms with van der Waals surface area (Å²) in [5.41, 5.74) is 2.64. The Balaban J connectivity index is 1.58. The molecular weight excluding hydrogens is 306 g/mol. The van der Waals surface area contributed by atoms with E-state index in [-0.39, 0.29) is 5.91 Å². The zero-order chi connectivity index (χ0) is 16.2. The van der Waals surface area contributed by atoms with Gasteiger partial charge in [0.1, 0.15) is 0 Å². The van der Waals surface area contributed by atoms with Crippen molar-refractivity contribution in [2.45, 2.75) is 33.2 Å². The first-order valence-electron chi connectivity index (χ1n) is 8.15. The molecule has 3 rings (SSSR count). The van der Waals surface area contributed by atoms with Gasteiger partial charge in [0.2, 0.25) is 5.91 Å². The number of benzene rings is 1. The van der Waals surface area contributed by atoms with E-state index in [1.54, 1.807) is 11.3 Å². The van der Waals surface area contributed by atoms with Crippen LogP contribution in [0, 0.1) is 5.92 Å². The Morgan fingerprint density at radius 3 is 2.91 bits per heavy atom. The average Bonchev–Trinajstić information content (AvgIpc) is 3.00. The van der Waals surface area contributed by atoms with Crippen LogP contribution in [0.3, 0.4) is 0 Å². The van der Waals surface area contributed by atoms with Crippen LogP contribution in [0.4, 0.5) is 5.13 Å². The van der Waals surface area contributed by atoms with Crippen LogP contribution in [0.1, 0.15) is 29.9 Å². The van der Waals surface area contributed by atoms with Crippen LogP contribution in [0.5, 0.6) is 0 Å². The van der Waals surface area contributed by atoms with Crippen molar-refractivity contribution in [3.63, 3.8) is 0 Å². The Hall–Kier alpha value is -1.88. The number of anilines is 1. The molecular formula is C18H23N3OS. The summed E-state index contributed by atoms with van der Waals surface area (Å²) in [5.74, 6) is 0.774. The second-order valence-electron chi connectivity index (χ2n) is 6.42. The van der Waals surface area contributed by atoms with Gasteiger partial charge in [-0.3, -0.25) is 4.79 Å². The van der Waals surface area contributed by atoms with Crippen LogP contribution in [-0.2, 0) is 24.2 Å². The van der Waals surface area contributed by atoms with Crippen LogP contribution < -0.4 is 5.32 Å². The van der Waals surface area contributed by atoms with Crippen molar-refractivity contribution in [3.8, 4) is 0 Å². The number of nitrogens with one attached hydrogen (secondary N) is 1. The van der Waals surface area contributed by atoms with Gasteiger partial charge >= 0.3 is 0 Å². The van der Waals surface area contributed by atoms with E-state index in [2.05, 4.69) is 42.3 Å². The Morgan fingerprint density at radius 1 is 1.35 bits per heavy atom. The van der Waals surface area contributed by atoms with Crippen molar-refractivity contribution < 1.29 is 4.79 Å². The molecule has 0 radical (unpaired) electrons. The predicted octanol–water partition coefficient (Wildman–Crippen LogP) is 3.34. The number of carbonyl (C=O) groups excluding carboxylic acids is 1. The van der Waals surface area contributed by atoms with E-state index < -0.39 is 0 Å². The van der Waals surface area contributed by atoms with Crippen LogP contribution in [0.25, 0.3) is 0 Å². The predicted molar refractivity (Wildman–Crippen MR) is 94.7 cm³/mol. The standard InChI is InChI=1S/C18H23N3OS/c1-13(2)10-19-18-20-11-16(23-18)9-17(22)21-8-7-14-5-3-4-6-15(14)12-21/h3-6,11,13H,7-10,12H2,1-2H3,(H,19,20). The molecule has 0 spiro atoms. The third-order valence-electron chi connectivity index (χ3n) is 4.02. The Morgan fingerprint density at radius 2 is 2.13 bits per heavy atom. The molecule has 5 heteroatoms. The average molecular weight is 329 g/mol. The van der Waals surface area contributed by atoms with E-state index in [0.29, 0.717) is 12.3 Å². The highest BCUT2D eigenvalue weighted by Gasteiger charge is 2.21. The lowest BCUT2D eigenvalue weighted by Gasteiger charge is -2.28. The maximum absolute atomic E-state index is 12.5. The smallest absolute Gasteiger partial charge is 0.228 e. The number of nitrogens with zero attached hydrogens (tertiary/aromatic N) is 2. The molecule has 0 unspecified atom stereocenters. The summed E-state index contributed by atoms with van der Waals surface area (Å²) < 4.78 is 0. The number of fused-ring (bicyclic) bond motifs is 1. The summed E-state index contributed by atoms with van der Waals surface area (Å²) in [5, 5.41) is 4.22. The van der Waals surface area contributed by atoms with Gasteiger partial charge in [-0.2, -0.15) is 0 Å². The third-order valence-corrected chi connectivity index (χ3v) is 4.98. The van der Waals surface area contributed by atoms with Gasteiger partial charge in [0, 0.05) is 30.7 Å². The molecule has 122 valence electrons. The number of rotatable bonds is 5. The fraction of sp³-hybridized carbons (Fsp3) is 0.444. The Kier molecular flexibility index (Phi) is 4.96. The quantitative estimate of drug-likeness (QED) is 0.915. The monoisotopic (exact) mass is 329 g/mol. The number of thiazole rings is 1. The van der Waals surface area contributed by atoms with Gasteiger partial charge in [-0.25, -0.2) is 4.98 Å². The fourth-order valence-electron chi connectivity index (χ4n) is 2.73. The van der Waals surface area contributed by atoms with Gasteiger partial charge < -0.3 is 10.2 Å². The van der Waals surface area contributed by atoms with Gasteiger partial charge in [-0.1, -0.05) is 38.1 Å². The summed E-state index contributed by atoms with van der Waals surface area (Å²) in [6.45, 7) is 6.78. The maximum atomic E-state index is 12.5. The summed E-state index contributed by atoms with van der Waals surface area (Å²) in [7, 11) is 0. The van der Waals surface area contributed by atoms with Crippen LogP contribution in [0.2, 0.25) is 0 Å². The highest BCUT2D eigenvalue weighted by atomic mass is 32.1. The molecule has 2 aromatic rings. The molecule has 0 bridgehead atoms.